The lowest BCUT2D eigenvalue weighted by Gasteiger charge is -2.18. The quantitative estimate of drug-likeness (QED) is 0.793. The largest absolute Gasteiger partial charge is 0.444 e. The van der Waals surface area contributed by atoms with Gasteiger partial charge in [-0.25, -0.2) is 4.98 Å². The maximum atomic E-state index is 11.9. The summed E-state index contributed by atoms with van der Waals surface area (Å²) < 4.78 is 5.46. The highest BCUT2D eigenvalue weighted by molar-refractivity contribution is 5.81. The molecule has 1 unspecified atom stereocenters. The third kappa shape index (κ3) is 4.67. The van der Waals surface area contributed by atoms with Crippen LogP contribution < -0.4 is 10.6 Å². The van der Waals surface area contributed by atoms with E-state index < -0.39 is 0 Å². The molecule has 0 aliphatic rings. The second kappa shape index (κ2) is 7.28. The van der Waals surface area contributed by atoms with Gasteiger partial charge in [0, 0.05) is 6.04 Å². The normalized spacial score (nSPS) is 12.7. The third-order valence-electron chi connectivity index (χ3n) is 3.36. The SMILES string of the molecule is CCC(CC)NC(=O)C(C)NCc1nc(C)c(C)o1. The fourth-order valence-electron chi connectivity index (χ4n) is 1.77. The Morgan fingerprint density at radius 1 is 1.32 bits per heavy atom. The van der Waals surface area contributed by atoms with Crippen LogP contribution in [-0.2, 0) is 11.3 Å². The predicted octanol–water partition coefficient (Wildman–Crippen LogP) is 2.07. The molecule has 0 spiro atoms. The van der Waals surface area contributed by atoms with Gasteiger partial charge in [-0.3, -0.25) is 10.1 Å². The average Bonchev–Trinajstić information content (AvgIpc) is 2.72. The minimum atomic E-state index is -0.256. The number of hydrogen-bond acceptors (Lipinski definition) is 4. The van der Waals surface area contributed by atoms with Gasteiger partial charge in [0.05, 0.1) is 18.3 Å². The Hall–Kier alpha value is -1.36. The number of rotatable bonds is 7. The van der Waals surface area contributed by atoms with Crippen molar-refractivity contribution >= 4 is 5.91 Å². The zero-order valence-electron chi connectivity index (χ0n) is 12.5. The Kier molecular flexibility index (Phi) is 6.02. The van der Waals surface area contributed by atoms with Gasteiger partial charge in [0.15, 0.2) is 0 Å². The van der Waals surface area contributed by atoms with E-state index in [-0.39, 0.29) is 18.0 Å². The number of carbonyl (C=O) groups excluding carboxylic acids is 1. The van der Waals surface area contributed by atoms with Crippen LogP contribution in [0, 0.1) is 13.8 Å². The zero-order valence-corrected chi connectivity index (χ0v) is 12.5. The van der Waals surface area contributed by atoms with Gasteiger partial charge >= 0.3 is 0 Å². The Morgan fingerprint density at radius 3 is 2.42 bits per heavy atom. The lowest BCUT2D eigenvalue weighted by Crippen LogP contribution is -2.45. The summed E-state index contributed by atoms with van der Waals surface area (Å²) in [4.78, 5) is 16.2. The molecular formula is C14H25N3O2. The number of aromatic nitrogens is 1. The molecule has 1 aromatic rings. The van der Waals surface area contributed by atoms with Crippen LogP contribution in [0.5, 0.6) is 0 Å². The van der Waals surface area contributed by atoms with Crippen molar-refractivity contribution in [3.05, 3.63) is 17.3 Å². The van der Waals surface area contributed by atoms with Crippen LogP contribution in [0.1, 0.15) is 51.0 Å². The summed E-state index contributed by atoms with van der Waals surface area (Å²) in [5.41, 5.74) is 0.894. The molecule has 0 bridgehead atoms. The molecule has 108 valence electrons. The highest BCUT2D eigenvalue weighted by Crippen LogP contribution is 2.08. The van der Waals surface area contributed by atoms with E-state index in [1.54, 1.807) is 0 Å². The predicted molar refractivity (Wildman–Crippen MR) is 74.8 cm³/mol. The topological polar surface area (TPSA) is 67.2 Å². The summed E-state index contributed by atoms with van der Waals surface area (Å²) in [6.45, 7) is 10.3. The fourth-order valence-corrected chi connectivity index (χ4v) is 1.77. The molecule has 0 fully saturated rings. The number of carbonyl (C=O) groups is 1. The van der Waals surface area contributed by atoms with Crippen molar-refractivity contribution in [1.29, 1.82) is 0 Å². The van der Waals surface area contributed by atoms with Gasteiger partial charge in [-0.15, -0.1) is 0 Å². The number of amides is 1. The van der Waals surface area contributed by atoms with Crippen molar-refractivity contribution in [2.45, 2.75) is 66.1 Å². The van der Waals surface area contributed by atoms with Crippen LogP contribution in [0.25, 0.3) is 0 Å². The summed E-state index contributed by atoms with van der Waals surface area (Å²) in [5.74, 6) is 1.47. The fraction of sp³-hybridized carbons (Fsp3) is 0.714. The van der Waals surface area contributed by atoms with E-state index in [1.165, 1.54) is 0 Å². The molecule has 2 N–H and O–H groups in total. The van der Waals surface area contributed by atoms with Gasteiger partial charge in [-0.05, 0) is 33.6 Å². The van der Waals surface area contributed by atoms with Crippen molar-refractivity contribution in [1.82, 2.24) is 15.6 Å². The lowest BCUT2D eigenvalue weighted by molar-refractivity contribution is -0.123. The van der Waals surface area contributed by atoms with Crippen LogP contribution >= 0.6 is 0 Å². The number of aryl methyl sites for hydroxylation is 2. The first-order valence-corrected chi connectivity index (χ1v) is 6.94. The Morgan fingerprint density at radius 2 is 1.95 bits per heavy atom. The van der Waals surface area contributed by atoms with Crippen LogP contribution in [0.4, 0.5) is 0 Å². The Bertz CT molecular complexity index is 391. The standard InChI is InChI=1S/C14H25N3O2/c1-6-12(7-2)17-14(18)10(4)15-8-13-16-9(3)11(5)19-13/h10,12,15H,6-8H2,1-5H3,(H,17,18). The monoisotopic (exact) mass is 267 g/mol. The molecule has 0 aromatic carbocycles. The molecule has 1 rings (SSSR count). The molecule has 1 amide bonds. The third-order valence-corrected chi connectivity index (χ3v) is 3.36. The first kappa shape index (κ1) is 15.7. The van der Waals surface area contributed by atoms with Gasteiger partial charge < -0.3 is 9.73 Å². The summed E-state index contributed by atoms with van der Waals surface area (Å²) in [7, 11) is 0. The molecule has 5 heteroatoms. The zero-order chi connectivity index (χ0) is 14.4. The van der Waals surface area contributed by atoms with Gasteiger partial charge in [0.1, 0.15) is 5.76 Å². The molecular weight excluding hydrogens is 242 g/mol. The molecule has 1 heterocycles. The molecule has 0 saturated heterocycles. The Balaban J connectivity index is 2.42. The lowest BCUT2D eigenvalue weighted by atomic mass is 10.1. The summed E-state index contributed by atoms with van der Waals surface area (Å²) in [6.07, 6.45) is 1.90. The number of hydrogen-bond donors (Lipinski definition) is 2. The van der Waals surface area contributed by atoms with Gasteiger partial charge in [0.2, 0.25) is 11.8 Å². The van der Waals surface area contributed by atoms with Crippen molar-refractivity contribution in [2.75, 3.05) is 0 Å². The molecule has 1 aromatic heterocycles. The number of nitrogens with one attached hydrogen (secondary N) is 2. The second-order valence-electron chi connectivity index (χ2n) is 4.87. The van der Waals surface area contributed by atoms with Crippen LogP contribution in [0.3, 0.4) is 0 Å². The van der Waals surface area contributed by atoms with E-state index in [0.717, 1.165) is 24.3 Å². The van der Waals surface area contributed by atoms with Crippen molar-refractivity contribution < 1.29 is 9.21 Å². The van der Waals surface area contributed by atoms with Crippen LogP contribution in [-0.4, -0.2) is 23.0 Å². The van der Waals surface area contributed by atoms with Gasteiger partial charge in [-0.1, -0.05) is 13.8 Å². The molecule has 19 heavy (non-hydrogen) atoms. The highest BCUT2D eigenvalue weighted by Gasteiger charge is 2.16. The summed E-state index contributed by atoms with van der Waals surface area (Å²) >= 11 is 0. The van der Waals surface area contributed by atoms with Crippen molar-refractivity contribution in [3.63, 3.8) is 0 Å². The smallest absolute Gasteiger partial charge is 0.237 e. The minimum Gasteiger partial charge on any atom is -0.444 e. The molecule has 0 saturated carbocycles. The second-order valence-corrected chi connectivity index (χ2v) is 4.87. The first-order chi connectivity index (χ1) is 8.97. The van der Waals surface area contributed by atoms with Crippen molar-refractivity contribution in [2.24, 2.45) is 0 Å². The first-order valence-electron chi connectivity index (χ1n) is 6.94. The molecule has 0 radical (unpaired) electrons. The van der Waals surface area contributed by atoms with Gasteiger partial charge in [-0.2, -0.15) is 0 Å². The van der Waals surface area contributed by atoms with Crippen molar-refractivity contribution in [3.8, 4) is 0 Å². The maximum Gasteiger partial charge on any atom is 0.237 e. The number of nitrogens with zero attached hydrogens (tertiary/aromatic N) is 1. The van der Waals surface area contributed by atoms with E-state index in [4.69, 9.17) is 4.42 Å². The van der Waals surface area contributed by atoms with E-state index in [2.05, 4.69) is 29.5 Å². The maximum absolute atomic E-state index is 11.9. The van der Waals surface area contributed by atoms with E-state index in [0.29, 0.717) is 12.4 Å². The Labute approximate surface area is 115 Å². The molecule has 0 aliphatic carbocycles. The highest BCUT2D eigenvalue weighted by atomic mass is 16.4. The van der Waals surface area contributed by atoms with Gasteiger partial charge in [0.25, 0.3) is 0 Å². The number of oxazole rings is 1. The molecule has 0 aliphatic heterocycles. The van der Waals surface area contributed by atoms with Crippen LogP contribution in [0.2, 0.25) is 0 Å². The van der Waals surface area contributed by atoms with E-state index in [9.17, 15) is 4.79 Å². The molecule has 1 atom stereocenters. The molecule has 5 nitrogen and oxygen atoms in total. The average molecular weight is 267 g/mol. The summed E-state index contributed by atoms with van der Waals surface area (Å²) in [6, 6.07) is -0.00362. The van der Waals surface area contributed by atoms with Crippen LogP contribution in [0.15, 0.2) is 4.42 Å². The summed E-state index contributed by atoms with van der Waals surface area (Å²) in [5, 5.41) is 6.14. The van der Waals surface area contributed by atoms with E-state index in [1.807, 2.05) is 20.8 Å². The minimum absolute atomic E-state index is 0.0219. The van der Waals surface area contributed by atoms with E-state index >= 15 is 0 Å².